The van der Waals surface area contributed by atoms with Crippen molar-refractivity contribution in [1.82, 2.24) is 15.0 Å². The minimum absolute atomic E-state index is 0.250. The second-order valence-corrected chi connectivity index (χ2v) is 14.1. The number of carboxylic acid groups (broad SMARTS) is 1. The van der Waals surface area contributed by atoms with E-state index in [9.17, 15) is 9.90 Å². The van der Waals surface area contributed by atoms with Crippen LogP contribution in [0.2, 0.25) is 0 Å². The van der Waals surface area contributed by atoms with Gasteiger partial charge in [0.05, 0.1) is 11.3 Å². The number of benzene rings is 1. The van der Waals surface area contributed by atoms with Gasteiger partial charge in [-0.3, -0.25) is 4.98 Å². The van der Waals surface area contributed by atoms with E-state index in [2.05, 4.69) is 52.9 Å². The molecule has 3 aromatic rings. The van der Waals surface area contributed by atoms with E-state index in [0.717, 1.165) is 85.3 Å². The molecule has 230 valence electrons. The minimum Gasteiger partial charge on any atom is -0.479 e. The zero-order valence-corrected chi connectivity index (χ0v) is 27.3. The number of nitrogens with zero attached hydrogens (tertiary/aromatic N) is 5. The van der Waals surface area contributed by atoms with Crippen molar-refractivity contribution in [2.45, 2.75) is 99.8 Å². The van der Waals surface area contributed by atoms with Gasteiger partial charge < -0.3 is 19.6 Å². The van der Waals surface area contributed by atoms with Crippen LogP contribution in [0.1, 0.15) is 93.2 Å². The number of rotatable bonds is 6. The van der Waals surface area contributed by atoms with Crippen LogP contribution in [0.4, 0.5) is 11.5 Å². The van der Waals surface area contributed by atoms with Crippen LogP contribution >= 0.6 is 0 Å². The highest BCUT2D eigenvalue weighted by Crippen LogP contribution is 2.45. The maximum absolute atomic E-state index is 12.8. The second kappa shape index (κ2) is 11.5. The van der Waals surface area contributed by atoms with E-state index in [1.165, 1.54) is 11.1 Å². The summed E-state index contributed by atoms with van der Waals surface area (Å²) in [6.07, 6.45) is 1.84. The third-order valence-electron chi connectivity index (χ3n) is 8.75. The third kappa shape index (κ3) is 6.69. The Balaban J connectivity index is 1.61. The predicted molar refractivity (Wildman–Crippen MR) is 172 cm³/mol. The van der Waals surface area contributed by atoms with Gasteiger partial charge in [0.25, 0.3) is 0 Å². The molecule has 2 aliphatic heterocycles. The second-order valence-electron chi connectivity index (χ2n) is 14.1. The summed E-state index contributed by atoms with van der Waals surface area (Å²) in [5.41, 5.74) is 8.51. The number of aliphatic carboxylic acids is 1. The van der Waals surface area contributed by atoms with Crippen LogP contribution in [0.25, 0.3) is 11.1 Å². The summed E-state index contributed by atoms with van der Waals surface area (Å²) < 4.78 is 6.25. The van der Waals surface area contributed by atoms with Gasteiger partial charge in [-0.15, -0.1) is 0 Å². The number of carbonyl (C=O) groups is 1. The van der Waals surface area contributed by atoms with Crippen molar-refractivity contribution in [3.05, 3.63) is 63.9 Å². The molecular formula is C35H47N5O3. The summed E-state index contributed by atoms with van der Waals surface area (Å²) in [5.74, 6) is 0.767. The molecule has 1 aromatic carbocycles. The average molecular weight is 586 g/mol. The number of hydrogen-bond donors (Lipinski definition) is 1. The number of aromatic nitrogens is 3. The summed E-state index contributed by atoms with van der Waals surface area (Å²) in [6, 6.07) is 8.75. The molecule has 0 saturated carbocycles. The zero-order chi connectivity index (χ0) is 31.3. The molecule has 1 fully saturated rings. The van der Waals surface area contributed by atoms with Gasteiger partial charge in [-0.25, -0.2) is 14.8 Å². The van der Waals surface area contributed by atoms with Crippen LogP contribution in [0.15, 0.2) is 24.3 Å². The fourth-order valence-corrected chi connectivity index (χ4v) is 6.52. The molecule has 43 heavy (non-hydrogen) atoms. The lowest BCUT2D eigenvalue weighted by Crippen LogP contribution is -2.39. The number of hydrogen-bond acceptors (Lipinski definition) is 7. The van der Waals surface area contributed by atoms with Crippen molar-refractivity contribution in [3.8, 4) is 11.1 Å². The molecule has 8 heteroatoms. The minimum atomic E-state index is -1.12. The van der Waals surface area contributed by atoms with Gasteiger partial charge in [-0.2, -0.15) is 0 Å². The number of piperidine rings is 1. The van der Waals surface area contributed by atoms with Crippen molar-refractivity contribution in [2.75, 3.05) is 29.4 Å². The van der Waals surface area contributed by atoms with Gasteiger partial charge >= 0.3 is 5.97 Å². The van der Waals surface area contributed by atoms with Gasteiger partial charge in [-0.1, -0.05) is 32.0 Å². The standard InChI is InChI=1S/C35H47N5O3/c1-21-18-28(38-24(4)36-21)40-15-12-25-19-26(10-11-27(25)20-40)29-22(2)37-23(3)30(32(33(41)42)43-34(5,6)7)31(29)39-16-13-35(8,9)14-17-39/h10-11,18-19,32H,12-17,20H2,1-9H3,(H,41,42). The Bertz CT molecular complexity index is 1510. The van der Waals surface area contributed by atoms with Crippen LogP contribution in [-0.2, 0) is 22.5 Å². The highest BCUT2D eigenvalue weighted by atomic mass is 16.5. The average Bonchev–Trinajstić information content (AvgIpc) is 2.90. The number of carboxylic acids is 1. The fourth-order valence-electron chi connectivity index (χ4n) is 6.52. The van der Waals surface area contributed by atoms with Crippen molar-refractivity contribution in [1.29, 1.82) is 0 Å². The Morgan fingerprint density at radius 3 is 2.26 bits per heavy atom. The molecule has 1 N–H and O–H groups in total. The Morgan fingerprint density at radius 2 is 1.63 bits per heavy atom. The van der Waals surface area contributed by atoms with E-state index in [1.807, 2.05) is 48.5 Å². The van der Waals surface area contributed by atoms with Crippen molar-refractivity contribution in [3.63, 3.8) is 0 Å². The first-order chi connectivity index (χ1) is 20.1. The summed E-state index contributed by atoms with van der Waals surface area (Å²) in [7, 11) is 0. The highest BCUT2D eigenvalue weighted by Gasteiger charge is 2.36. The SMILES string of the molecule is Cc1cc(N2CCc3cc(-c4c(C)nc(C)c(C(OC(C)(C)C)C(=O)O)c4N4CCC(C)(C)CC4)ccc3C2)nc(C)n1. The lowest BCUT2D eigenvalue weighted by atomic mass is 9.81. The lowest BCUT2D eigenvalue weighted by Gasteiger charge is -2.41. The number of pyridine rings is 1. The quantitative estimate of drug-likeness (QED) is 0.334. The molecule has 0 amide bonds. The summed E-state index contributed by atoms with van der Waals surface area (Å²) >= 11 is 0. The molecule has 4 heterocycles. The van der Waals surface area contributed by atoms with Gasteiger partial charge in [0.1, 0.15) is 11.6 Å². The molecule has 1 atom stereocenters. The molecular weight excluding hydrogens is 538 g/mol. The van der Waals surface area contributed by atoms with Crippen LogP contribution in [0.3, 0.4) is 0 Å². The molecule has 1 saturated heterocycles. The molecule has 2 aromatic heterocycles. The van der Waals surface area contributed by atoms with Crippen LogP contribution in [0, 0.1) is 33.1 Å². The molecule has 2 aliphatic rings. The van der Waals surface area contributed by atoms with E-state index >= 15 is 0 Å². The van der Waals surface area contributed by atoms with E-state index in [0.29, 0.717) is 11.3 Å². The fraction of sp³-hybridized carbons (Fsp3) is 0.543. The van der Waals surface area contributed by atoms with Crippen LogP contribution < -0.4 is 9.80 Å². The van der Waals surface area contributed by atoms with Gasteiger partial charge in [-0.05, 0) is 89.8 Å². The van der Waals surface area contributed by atoms with Crippen LogP contribution in [-0.4, -0.2) is 51.3 Å². The summed E-state index contributed by atoms with van der Waals surface area (Å²) in [5, 5.41) is 10.5. The molecule has 0 radical (unpaired) electrons. The number of fused-ring (bicyclic) bond motifs is 1. The molecule has 0 aliphatic carbocycles. The Labute approximate surface area is 256 Å². The van der Waals surface area contributed by atoms with Crippen molar-refractivity contribution >= 4 is 17.5 Å². The van der Waals surface area contributed by atoms with Gasteiger partial charge in [0, 0.05) is 60.5 Å². The number of anilines is 2. The first kappa shape index (κ1) is 30.9. The Morgan fingerprint density at radius 1 is 0.930 bits per heavy atom. The predicted octanol–water partition coefficient (Wildman–Crippen LogP) is 6.90. The first-order valence-electron chi connectivity index (χ1n) is 15.5. The molecule has 8 nitrogen and oxygen atoms in total. The van der Waals surface area contributed by atoms with E-state index in [1.54, 1.807) is 0 Å². The lowest BCUT2D eigenvalue weighted by molar-refractivity contribution is -0.160. The maximum Gasteiger partial charge on any atom is 0.337 e. The maximum atomic E-state index is 12.8. The Kier molecular flexibility index (Phi) is 8.29. The van der Waals surface area contributed by atoms with E-state index in [4.69, 9.17) is 14.7 Å². The van der Waals surface area contributed by atoms with Crippen molar-refractivity contribution < 1.29 is 14.6 Å². The Hall–Kier alpha value is -3.52. The van der Waals surface area contributed by atoms with Gasteiger partial charge in [0.2, 0.25) is 0 Å². The third-order valence-corrected chi connectivity index (χ3v) is 8.75. The normalized spacial score (nSPS) is 17.5. The van der Waals surface area contributed by atoms with E-state index < -0.39 is 17.7 Å². The van der Waals surface area contributed by atoms with Crippen LogP contribution in [0.5, 0.6) is 0 Å². The summed E-state index contributed by atoms with van der Waals surface area (Å²) in [6.45, 7) is 21.6. The topological polar surface area (TPSA) is 91.7 Å². The van der Waals surface area contributed by atoms with Crippen molar-refractivity contribution in [2.24, 2.45) is 5.41 Å². The molecule has 0 bridgehead atoms. The zero-order valence-electron chi connectivity index (χ0n) is 27.3. The smallest absolute Gasteiger partial charge is 0.337 e. The first-order valence-corrected chi connectivity index (χ1v) is 15.5. The number of ether oxygens (including phenoxy) is 1. The van der Waals surface area contributed by atoms with E-state index in [-0.39, 0.29) is 5.41 Å². The number of aryl methyl sites for hydroxylation is 4. The van der Waals surface area contributed by atoms with Gasteiger partial charge in [0.15, 0.2) is 6.10 Å². The highest BCUT2D eigenvalue weighted by molar-refractivity contribution is 5.88. The summed E-state index contributed by atoms with van der Waals surface area (Å²) in [4.78, 5) is 31.6. The molecule has 1 unspecified atom stereocenters. The monoisotopic (exact) mass is 585 g/mol. The molecule has 0 spiro atoms. The largest absolute Gasteiger partial charge is 0.479 e. The molecule has 5 rings (SSSR count).